The molecule has 0 radical (unpaired) electrons. The van der Waals surface area contributed by atoms with Gasteiger partial charge in [-0.25, -0.2) is 0 Å². The van der Waals surface area contributed by atoms with Crippen molar-refractivity contribution >= 4 is 17.3 Å². The molecule has 0 fully saturated rings. The van der Waals surface area contributed by atoms with Crippen LogP contribution in [-0.2, 0) is 0 Å². The molecule has 2 rings (SSSR count). The molecule has 0 atom stereocenters. The lowest BCUT2D eigenvalue weighted by Crippen LogP contribution is -2.17. The zero-order valence-electron chi connectivity index (χ0n) is 10.6. The van der Waals surface area contributed by atoms with Crippen molar-refractivity contribution < 1.29 is 17.9 Å². The topological polar surface area (TPSA) is 47.6 Å². The summed E-state index contributed by atoms with van der Waals surface area (Å²) < 4.78 is 40.1. The summed E-state index contributed by atoms with van der Waals surface area (Å²) in [5.41, 5.74) is 1.49. The molecule has 0 amide bonds. The molecule has 0 saturated carbocycles. The standard InChI is InChI=1S/C14H10ClF3N2O/c15-12-4-2-1-3-11(12)13(20-19)9-5-7-10(8-6-9)21-14(16,17)18/h1-8H,19H2. The molecule has 0 bridgehead atoms. The molecule has 0 aliphatic rings. The first-order valence-electron chi connectivity index (χ1n) is 5.79. The molecule has 0 aliphatic carbocycles. The van der Waals surface area contributed by atoms with E-state index in [-0.39, 0.29) is 5.75 Å². The maximum absolute atomic E-state index is 12.1. The van der Waals surface area contributed by atoms with Crippen molar-refractivity contribution in [3.05, 3.63) is 64.7 Å². The monoisotopic (exact) mass is 314 g/mol. The Morgan fingerprint density at radius 2 is 1.67 bits per heavy atom. The Morgan fingerprint density at radius 1 is 1.05 bits per heavy atom. The third-order valence-electron chi connectivity index (χ3n) is 2.62. The minimum atomic E-state index is -4.73. The second-order valence-corrected chi connectivity index (χ2v) is 4.44. The molecular formula is C14H10ClF3N2O. The van der Waals surface area contributed by atoms with Crippen molar-refractivity contribution in [2.45, 2.75) is 6.36 Å². The number of nitrogens with two attached hydrogens (primary N) is 1. The quantitative estimate of drug-likeness (QED) is 0.530. The summed E-state index contributed by atoms with van der Waals surface area (Å²) in [6.07, 6.45) is -4.73. The van der Waals surface area contributed by atoms with Crippen molar-refractivity contribution in [3.63, 3.8) is 0 Å². The van der Waals surface area contributed by atoms with Gasteiger partial charge in [-0.1, -0.05) is 29.8 Å². The summed E-state index contributed by atoms with van der Waals surface area (Å²) in [6, 6.07) is 12.1. The summed E-state index contributed by atoms with van der Waals surface area (Å²) in [5, 5.41) is 4.10. The van der Waals surface area contributed by atoms with E-state index in [1.54, 1.807) is 24.3 Å². The van der Waals surface area contributed by atoms with Gasteiger partial charge in [0.1, 0.15) is 5.75 Å². The Morgan fingerprint density at radius 3 is 2.19 bits per heavy atom. The second kappa shape index (κ2) is 6.05. The molecular weight excluding hydrogens is 305 g/mol. The molecule has 110 valence electrons. The smallest absolute Gasteiger partial charge is 0.406 e. The van der Waals surface area contributed by atoms with Crippen LogP contribution < -0.4 is 10.6 Å². The van der Waals surface area contributed by atoms with Gasteiger partial charge in [0.05, 0.1) is 10.7 Å². The predicted molar refractivity (Wildman–Crippen MR) is 74.4 cm³/mol. The highest BCUT2D eigenvalue weighted by Gasteiger charge is 2.31. The predicted octanol–water partition coefficient (Wildman–Crippen LogP) is 3.95. The van der Waals surface area contributed by atoms with Crippen LogP contribution in [0.3, 0.4) is 0 Å². The average Bonchev–Trinajstić information content (AvgIpc) is 2.42. The molecule has 0 aliphatic heterocycles. The number of hydrogen-bond acceptors (Lipinski definition) is 3. The first-order valence-corrected chi connectivity index (χ1v) is 6.17. The SMILES string of the molecule is NN=C(c1ccc(OC(F)(F)F)cc1)c1ccccc1Cl. The number of hydrazone groups is 1. The summed E-state index contributed by atoms with van der Waals surface area (Å²) >= 11 is 6.06. The fourth-order valence-electron chi connectivity index (χ4n) is 1.77. The third-order valence-corrected chi connectivity index (χ3v) is 2.95. The molecule has 0 heterocycles. The highest BCUT2D eigenvalue weighted by molar-refractivity contribution is 6.35. The molecule has 0 unspecified atom stereocenters. The number of nitrogens with zero attached hydrogens (tertiary/aromatic N) is 1. The van der Waals surface area contributed by atoms with Crippen LogP contribution in [0.1, 0.15) is 11.1 Å². The van der Waals surface area contributed by atoms with Crippen LogP contribution in [0.25, 0.3) is 0 Å². The maximum Gasteiger partial charge on any atom is 0.573 e. The van der Waals surface area contributed by atoms with Crippen molar-refractivity contribution in [3.8, 4) is 5.75 Å². The minimum Gasteiger partial charge on any atom is -0.406 e. The number of benzene rings is 2. The van der Waals surface area contributed by atoms with Crippen LogP contribution in [0.5, 0.6) is 5.75 Å². The van der Waals surface area contributed by atoms with E-state index in [0.29, 0.717) is 21.9 Å². The molecule has 7 heteroatoms. The Bertz CT molecular complexity index is 654. The van der Waals surface area contributed by atoms with Gasteiger partial charge < -0.3 is 10.6 Å². The summed E-state index contributed by atoms with van der Waals surface area (Å²) in [4.78, 5) is 0. The summed E-state index contributed by atoms with van der Waals surface area (Å²) in [5.74, 6) is 5.05. The molecule has 3 nitrogen and oxygen atoms in total. The van der Waals surface area contributed by atoms with E-state index in [9.17, 15) is 13.2 Å². The summed E-state index contributed by atoms with van der Waals surface area (Å²) in [7, 11) is 0. The molecule has 0 spiro atoms. The van der Waals surface area contributed by atoms with Gasteiger partial charge in [-0.05, 0) is 30.3 Å². The molecule has 21 heavy (non-hydrogen) atoms. The van der Waals surface area contributed by atoms with Gasteiger partial charge in [0.15, 0.2) is 0 Å². The number of ether oxygens (including phenoxy) is 1. The lowest BCUT2D eigenvalue weighted by Gasteiger charge is -2.11. The Balaban J connectivity index is 2.31. The van der Waals surface area contributed by atoms with Gasteiger partial charge in [0.25, 0.3) is 0 Å². The van der Waals surface area contributed by atoms with Crippen LogP contribution in [0.2, 0.25) is 5.02 Å². The molecule has 0 saturated heterocycles. The lowest BCUT2D eigenvalue weighted by atomic mass is 10.0. The first kappa shape index (κ1) is 15.2. The van der Waals surface area contributed by atoms with Gasteiger partial charge in [0.2, 0.25) is 0 Å². The van der Waals surface area contributed by atoms with Gasteiger partial charge in [0, 0.05) is 11.1 Å². The zero-order chi connectivity index (χ0) is 15.5. The molecule has 2 N–H and O–H groups in total. The normalized spacial score (nSPS) is 12.3. The number of rotatable bonds is 3. The Kier molecular flexibility index (Phi) is 4.37. The summed E-state index contributed by atoms with van der Waals surface area (Å²) in [6.45, 7) is 0. The van der Waals surface area contributed by atoms with Crippen LogP contribution in [-0.4, -0.2) is 12.1 Å². The van der Waals surface area contributed by atoms with Gasteiger partial charge in [-0.3, -0.25) is 0 Å². The van der Waals surface area contributed by atoms with E-state index in [0.717, 1.165) is 0 Å². The van der Waals surface area contributed by atoms with Crippen molar-refractivity contribution in [1.82, 2.24) is 0 Å². The maximum atomic E-state index is 12.1. The second-order valence-electron chi connectivity index (χ2n) is 4.03. The van der Waals surface area contributed by atoms with Crippen LogP contribution in [0.15, 0.2) is 53.6 Å². The molecule has 2 aromatic rings. The van der Waals surface area contributed by atoms with Crippen molar-refractivity contribution in [2.75, 3.05) is 0 Å². The van der Waals surface area contributed by atoms with E-state index in [1.807, 2.05) is 0 Å². The van der Waals surface area contributed by atoms with E-state index < -0.39 is 6.36 Å². The van der Waals surface area contributed by atoms with E-state index in [4.69, 9.17) is 17.4 Å². The fourth-order valence-corrected chi connectivity index (χ4v) is 1.99. The van der Waals surface area contributed by atoms with E-state index in [1.165, 1.54) is 24.3 Å². The van der Waals surface area contributed by atoms with E-state index >= 15 is 0 Å². The number of hydrogen-bond donors (Lipinski definition) is 1. The van der Waals surface area contributed by atoms with Crippen LogP contribution in [0.4, 0.5) is 13.2 Å². The lowest BCUT2D eigenvalue weighted by molar-refractivity contribution is -0.274. The highest BCUT2D eigenvalue weighted by atomic mass is 35.5. The Hall–Kier alpha value is -2.21. The zero-order valence-corrected chi connectivity index (χ0v) is 11.3. The van der Waals surface area contributed by atoms with Gasteiger partial charge in [-0.2, -0.15) is 5.10 Å². The van der Waals surface area contributed by atoms with Gasteiger partial charge in [-0.15, -0.1) is 13.2 Å². The van der Waals surface area contributed by atoms with Crippen molar-refractivity contribution in [1.29, 1.82) is 0 Å². The molecule has 2 aromatic carbocycles. The minimum absolute atomic E-state index is 0.318. The third kappa shape index (κ3) is 3.88. The van der Waals surface area contributed by atoms with Crippen LogP contribution >= 0.6 is 11.6 Å². The average molecular weight is 315 g/mol. The largest absolute Gasteiger partial charge is 0.573 e. The van der Waals surface area contributed by atoms with E-state index in [2.05, 4.69) is 9.84 Å². The van der Waals surface area contributed by atoms with Gasteiger partial charge >= 0.3 is 6.36 Å². The number of halogens is 4. The Labute approximate surface area is 123 Å². The fraction of sp³-hybridized carbons (Fsp3) is 0.0714. The molecule has 0 aromatic heterocycles. The highest BCUT2D eigenvalue weighted by Crippen LogP contribution is 2.25. The van der Waals surface area contributed by atoms with Crippen LogP contribution in [0, 0.1) is 0 Å². The van der Waals surface area contributed by atoms with Crippen molar-refractivity contribution in [2.24, 2.45) is 10.9 Å². The first-order chi connectivity index (χ1) is 9.90. The number of alkyl halides is 3.